The normalized spacial score (nSPS) is 18.9. The molecule has 0 saturated carbocycles. The van der Waals surface area contributed by atoms with Gasteiger partial charge >= 0.3 is 0 Å². The molecular formula is C17H27NOS. The van der Waals surface area contributed by atoms with Gasteiger partial charge in [-0.15, -0.1) is 0 Å². The SMILES string of the molecule is CCCCCOc1ccc(CNC2CCCSC2)cc1. The summed E-state index contributed by atoms with van der Waals surface area (Å²) in [4.78, 5) is 0. The van der Waals surface area contributed by atoms with Gasteiger partial charge in [-0.3, -0.25) is 0 Å². The van der Waals surface area contributed by atoms with Crippen LogP contribution in [0.3, 0.4) is 0 Å². The van der Waals surface area contributed by atoms with Crippen molar-refractivity contribution >= 4 is 11.8 Å². The van der Waals surface area contributed by atoms with E-state index in [9.17, 15) is 0 Å². The molecule has 2 rings (SSSR count). The van der Waals surface area contributed by atoms with Crippen molar-refractivity contribution < 1.29 is 4.74 Å². The minimum absolute atomic E-state index is 0.693. The average Bonchev–Trinajstić information content (AvgIpc) is 2.52. The van der Waals surface area contributed by atoms with Crippen molar-refractivity contribution in [1.29, 1.82) is 0 Å². The number of hydrogen-bond acceptors (Lipinski definition) is 3. The van der Waals surface area contributed by atoms with Crippen molar-refractivity contribution in [3.8, 4) is 5.75 Å². The Balaban J connectivity index is 1.68. The van der Waals surface area contributed by atoms with Crippen molar-refractivity contribution in [3.63, 3.8) is 0 Å². The summed E-state index contributed by atoms with van der Waals surface area (Å²) in [6.45, 7) is 4.03. The minimum Gasteiger partial charge on any atom is -0.494 e. The first kappa shape index (κ1) is 15.7. The third-order valence-electron chi connectivity index (χ3n) is 3.70. The molecule has 3 heteroatoms. The number of benzene rings is 1. The van der Waals surface area contributed by atoms with E-state index in [1.807, 2.05) is 0 Å². The smallest absolute Gasteiger partial charge is 0.119 e. The monoisotopic (exact) mass is 293 g/mol. The first-order valence-electron chi connectivity index (χ1n) is 7.91. The number of nitrogens with one attached hydrogen (secondary N) is 1. The molecule has 20 heavy (non-hydrogen) atoms. The van der Waals surface area contributed by atoms with Crippen LogP contribution in [0.2, 0.25) is 0 Å². The largest absolute Gasteiger partial charge is 0.494 e. The molecule has 1 N–H and O–H groups in total. The molecule has 1 aliphatic heterocycles. The highest BCUT2D eigenvalue weighted by Gasteiger charge is 2.12. The van der Waals surface area contributed by atoms with Gasteiger partial charge in [-0.25, -0.2) is 0 Å². The van der Waals surface area contributed by atoms with Crippen LogP contribution in [0.25, 0.3) is 0 Å². The summed E-state index contributed by atoms with van der Waals surface area (Å²) >= 11 is 2.07. The molecule has 0 aliphatic carbocycles. The molecule has 0 aromatic heterocycles. The molecule has 1 heterocycles. The van der Waals surface area contributed by atoms with Crippen molar-refractivity contribution in [3.05, 3.63) is 29.8 Å². The van der Waals surface area contributed by atoms with Crippen LogP contribution in [0.5, 0.6) is 5.75 Å². The van der Waals surface area contributed by atoms with Gasteiger partial charge in [-0.2, -0.15) is 11.8 Å². The summed E-state index contributed by atoms with van der Waals surface area (Å²) in [5.41, 5.74) is 1.35. The molecule has 1 aromatic carbocycles. The maximum Gasteiger partial charge on any atom is 0.119 e. The van der Waals surface area contributed by atoms with Gasteiger partial charge in [0.25, 0.3) is 0 Å². The van der Waals surface area contributed by atoms with Crippen LogP contribution in [-0.4, -0.2) is 24.2 Å². The zero-order valence-electron chi connectivity index (χ0n) is 12.6. The lowest BCUT2D eigenvalue weighted by Crippen LogP contribution is -2.33. The lowest BCUT2D eigenvalue weighted by Gasteiger charge is -2.22. The van der Waals surface area contributed by atoms with Crippen molar-refractivity contribution in [2.75, 3.05) is 18.1 Å². The highest BCUT2D eigenvalue weighted by Crippen LogP contribution is 2.18. The van der Waals surface area contributed by atoms with E-state index in [0.29, 0.717) is 6.04 Å². The third kappa shape index (κ3) is 5.76. The van der Waals surface area contributed by atoms with Gasteiger partial charge < -0.3 is 10.1 Å². The number of rotatable bonds is 8. The summed E-state index contributed by atoms with van der Waals surface area (Å²) in [7, 11) is 0. The van der Waals surface area contributed by atoms with E-state index in [1.54, 1.807) is 0 Å². The summed E-state index contributed by atoms with van der Waals surface area (Å²) in [6, 6.07) is 9.24. The quantitative estimate of drug-likeness (QED) is 0.724. The van der Waals surface area contributed by atoms with Crippen LogP contribution >= 0.6 is 11.8 Å². The fourth-order valence-corrected chi connectivity index (χ4v) is 3.52. The summed E-state index contributed by atoms with van der Waals surface area (Å²) in [5.74, 6) is 3.60. The minimum atomic E-state index is 0.693. The molecule has 1 aliphatic rings. The predicted octanol–water partition coefficient (Wildman–Crippen LogP) is 4.24. The fourth-order valence-electron chi connectivity index (χ4n) is 2.41. The Kier molecular flexibility index (Phi) is 7.31. The number of thioether (sulfide) groups is 1. The van der Waals surface area contributed by atoms with Gasteiger partial charge in [-0.1, -0.05) is 31.9 Å². The predicted molar refractivity (Wildman–Crippen MR) is 88.6 cm³/mol. The van der Waals surface area contributed by atoms with E-state index >= 15 is 0 Å². The van der Waals surface area contributed by atoms with E-state index < -0.39 is 0 Å². The molecule has 0 amide bonds. The Morgan fingerprint density at radius 1 is 1.25 bits per heavy atom. The third-order valence-corrected chi connectivity index (χ3v) is 4.91. The second kappa shape index (κ2) is 9.30. The van der Waals surface area contributed by atoms with Crippen LogP contribution < -0.4 is 10.1 Å². The first-order chi connectivity index (χ1) is 9.88. The van der Waals surface area contributed by atoms with Crippen LogP contribution in [0, 0.1) is 0 Å². The van der Waals surface area contributed by atoms with Crippen LogP contribution in [0.15, 0.2) is 24.3 Å². The lowest BCUT2D eigenvalue weighted by atomic mass is 10.1. The summed E-state index contributed by atoms with van der Waals surface area (Å²) in [5, 5.41) is 3.66. The Morgan fingerprint density at radius 3 is 2.80 bits per heavy atom. The number of hydrogen-bond donors (Lipinski definition) is 1. The Labute approximate surface area is 127 Å². The van der Waals surface area contributed by atoms with Gasteiger partial charge in [0.2, 0.25) is 0 Å². The molecule has 1 fully saturated rings. The Bertz CT molecular complexity index is 360. The van der Waals surface area contributed by atoms with Crippen LogP contribution in [0.4, 0.5) is 0 Å². The van der Waals surface area contributed by atoms with Gasteiger partial charge in [0.15, 0.2) is 0 Å². The highest BCUT2D eigenvalue weighted by molar-refractivity contribution is 7.99. The molecule has 2 nitrogen and oxygen atoms in total. The maximum absolute atomic E-state index is 5.73. The maximum atomic E-state index is 5.73. The molecule has 1 atom stereocenters. The standard InChI is InChI=1S/C17H27NOS/c1-2-3-4-11-19-17-9-7-15(8-10-17)13-18-16-6-5-12-20-14-16/h7-10,16,18H,2-6,11-14H2,1H3. The molecular weight excluding hydrogens is 266 g/mol. The van der Waals surface area contributed by atoms with Crippen molar-refractivity contribution in [2.45, 2.75) is 51.6 Å². The highest BCUT2D eigenvalue weighted by atomic mass is 32.2. The van der Waals surface area contributed by atoms with E-state index in [-0.39, 0.29) is 0 Å². The van der Waals surface area contributed by atoms with Crippen LogP contribution in [0.1, 0.15) is 44.6 Å². The second-order valence-corrected chi connectivity index (χ2v) is 6.64. The first-order valence-corrected chi connectivity index (χ1v) is 9.07. The van der Waals surface area contributed by atoms with Crippen LogP contribution in [-0.2, 0) is 6.54 Å². The van der Waals surface area contributed by atoms with E-state index in [2.05, 4.69) is 48.3 Å². The van der Waals surface area contributed by atoms with Gasteiger partial charge in [0.1, 0.15) is 5.75 Å². The molecule has 0 bridgehead atoms. The molecule has 1 aromatic rings. The lowest BCUT2D eigenvalue weighted by molar-refractivity contribution is 0.306. The Hall–Kier alpha value is -0.670. The summed E-state index contributed by atoms with van der Waals surface area (Å²) in [6.07, 6.45) is 6.33. The van der Waals surface area contributed by atoms with Crippen molar-refractivity contribution in [2.24, 2.45) is 0 Å². The van der Waals surface area contributed by atoms with E-state index in [0.717, 1.165) is 25.3 Å². The zero-order valence-corrected chi connectivity index (χ0v) is 13.4. The van der Waals surface area contributed by atoms with E-state index in [4.69, 9.17) is 4.74 Å². The van der Waals surface area contributed by atoms with E-state index in [1.165, 1.54) is 42.8 Å². The van der Waals surface area contributed by atoms with Gasteiger partial charge in [-0.05, 0) is 42.7 Å². The Morgan fingerprint density at radius 2 is 2.10 bits per heavy atom. The number of unbranched alkanes of at least 4 members (excludes halogenated alkanes) is 2. The topological polar surface area (TPSA) is 21.3 Å². The molecule has 1 unspecified atom stereocenters. The average molecular weight is 293 g/mol. The second-order valence-electron chi connectivity index (χ2n) is 5.49. The van der Waals surface area contributed by atoms with Gasteiger partial charge in [0.05, 0.1) is 6.61 Å². The van der Waals surface area contributed by atoms with Crippen molar-refractivity contribution in [1.82, 2.24) is 5.32 Å². The molecule has 0 spiro atoms. The number of ether oxygens (including phenoxy) is 1. The van der Waals surface area contributed by atoms with Gasteiger partial charge in [0, 0.05) is 18.3 Å². The molecule has 0 radical (unpaired) electrons. The molecule has 112 valence electrons. The zero-order chi connectivity index (χ0) is 14.0. The molecule has 1 saturated heterocycles. The fraction of sp³-hybridized carbons (Fsp3) is 0.647. The summed E-state index contributed by atoms with van der Waals surface area (Å²) < 4.78 is 5.73.